The van der Waals surface area contributed by atoms with Gasteiger partial charge in [0, 0.05) is 0 Å². The molecule has 4 atom stereocenters. The van der Waals surface area contributed by atoms with Crippen molar-refractivity contribution in [3.05, 3.63) is 11.6 Å². The zero-order valence-electron chi connectivity index (χ0n) is 11.6. The Labute approximate surface area is 105 Å². The van der Waals surface area contributed by atoms with Gasteiger partial charge in [0.2, 0.25) is 0 Å². The van der Waals surface area contributed by atoms with E-state index >= 15 is 0 Å². The van der Waals surface area contributed by atoms with E-state index in [0.717, 1.165) is 25.7 Å². The van der Waals surface area contributed by atoms with E-state index < -0.39 is 0 Å². The van der Waals surface area contributed by atoms with E-state index in [2.05, 4.69) is 33.8 Å². The maximum atomic E-state index is 10.1. The largest absolute Gasteiger partial charge is 0.390 e. The van der Waals surface area contributed by atoms with Crippen molar-refractivity contribution in [3.63, 3.8) is 0 Å². The third-order valence-electron chi connectivity index (χ3n) is 4.73. The molecule has 0 aromatic rings. The number of aliphatic hydroxyl groups excluding tert-OH is 1. The third-order valence-corrected chi connectivity index (χ3v) is 4.73. The van der Waals surface area contributed by atoms with Crippen LogP contribution >= 0.6 is 0 Å². The molecule has 2 nitrogen and oxygen atoms in total. The van der Waals surface area contributed by atoms with Crippen LogP contribution in [-0.4, -0.2) is 22.4 Å². The van der Waals surface area contributed by atoms with Crippen molar-refractivity contribution in [1.29, 1.82) is 0 Å². The molecular weight excluding hydrogens is 212 g/mol. The number of allylic oxidation sites excluding steroid dienone is 2. The van der Waals surface area contributed by atoms with Crippen LogP contribution in [0.3, 0.4) is 0 Å². The topological polar surface area (TPSA) is 29.5 Å². The van der Waals surface area contributed by atoms with E-state index in [1.807, 2.05) is 0 Å². The van der Waals surface area contributed by atoms with Gasteiger partial charge in [-0.3, -0.25) is 0 Å². The fourth-order valence-electron chi connectivity index (χ4n) is 3.46. The Balaban J connectivity index is 2.04. The van der Waals surface area contributed by atoms with Gasteiger partial charge in [0.1, 0.15) is 0 Å². The monoisotopic (exact) mass is 238 g/mol. The first-order valence-electron chi connectivity index (χ1n) is 6.87. The summed E-state index contributed by atoms with van der Waals surface area (Å²) >= 11 is 0. The molecule has 1 saturated carbocycles. The highest BCUT2D eigenvalue weighted by Crippen LogP contribution is 2.51. The predicted octanol–water partition coefficient (Wildman–Crippen LogP) is 3.44. The van der Waals surface area contributed by atoms with Gasteiger partial charge in [0.15, 0.2) is 0 Å². The molecule has 2 heterocycles. The molecule has 0 aromatic carbocycles. The Hall–Kier alpha value is -0.340. The molecule has 1 aliphatic carbocycles. The molecule has 0 spiro atoms. The van der Waals surface area contributed by atoms with Crippen LogP contribution in [-0.2, 0) is 4.74 Å². The molecular formula is C15H26O2. The molecule has 0 unspecified atom stereocenters. The van der Waals surface area contributed by atoms with Crippen LogP contribution < -0.4 is 0 Å². The molecule has 17 heavy (non-hydrogen) atoms. The molecule has 2 aliphatic heterocycles. The van der Waals surface area contributed by atoms with Crippen LogP contribution in [0, 0.1) is 5.92 Å². The van der Waals surface area contributed by atoms with Crippen molar-refractivity contribution in [2.24, 2.45) is 5.92 Å². The molecule has 0 aromatic heterocycles. The van der Waals surface area contributed by atoms with Crippen LogP contribution in [0.4, 0.5) is 0 Å². The number of ether oxygens (including phenoxy) is 1. The fraction of sp³-hybridized carbons (Fsp3) is 0.867. The molecule has 3 fully saturated rings. The lowest BCUT2D eigenvalue weighted by Gasteiger charge is -2.57. The van der Waals surface area contributed by atoms with Gasteiger partial charge in [-0.2, -0.15) is 0 Å². The minimum Gasteiger partial charge on any atom is -0.390 e. The van der Waals surface area contributed by atoms with E-state index in [9.17, 15) is 5.11 Å². The molecule has 1 N–H and O–H groups in total. The van der Waals surface area contributed by atoms with Gasteiger partial charge in [-0.1, -0.05) is 11.6 Å². The third kappa shape index (κ3) is 2.43. The van der Waals surface area contributed by atoms with Crippen LogP contribution in [0.15, 0.2) is 11.6 Å². The summed E-state index contributed by atoms with van der Waals surface area (Å²) in [5, 5.41) is 10.1. The van der Waals surface area contributed by atoms with Crippen LogP contribution in [0.2, 0.25) is 0 Å². The van der Waals surface area contributed by atoms with E-state index in [-0.39, 0.29) is 17.3 Å². The summed E-state index contributed by atoms with van der Waals surface area (Å²) in [5.74, 6) is 0.532. The lowest BCUT2D eigenvalue weighted by molar-refractivity contribution is -0.281. The molecule has 2 heteroatoms. The van der Waals surface area contributed by atoms with Gasteiger partial charge < -0.3 is 9.84 Å². The summed E-state index contributed by atoms with van der Waals surface area (Å²) in [6, 6.07) is 0. The van der Waals surface area contributed by atoms with Gasteiger partial charge in [0.05, 0.1) is 17.3 Å². The van der Waals surface area contributed by atoms with Gasteiger partial charge in [0.25, 0.3) is 0 Å². The number of rotatable bonds is 3. The van der Waals surface area contributed by atoms with Gasteiger partial charge in [-0.05, 0) is 65.7 Å². The Morgan fingerprint density at radius 3 is 2.65 bits per heavy atom. The zero-order chi connectivity index (χ0) is 12.7. The molecule has 0 amide bonds. The zero-order valence-corrected chi connectivity index (χ0v) is 11.6. The van der Waals surface area contributed by atoms with Crippen molar-refractivity contribution in [1.82, 2.24) is 0 Å². The molecule has 2 saturated heterocycles. The minimum atomic E-state index is -0.297. The average Bonchev–Trinajstić information content (AvgIpc) is 2.20. The highest BCUT2D eigenvalue weighted by Gasteiger charge is 2.54. The SMILES string of the molecule is CC(C)=CCC[C@@]1(C)O[C@@]2(C)CC[C@@H]1C[C@@H]2O. The van der Waals surface area contributed by atoms with E-state index in [0.29, 0.717) is 5.92 Å². The van der Waals surface area contributed by atoms with Crippen molar-refractivity contribution in [3.8, 4) is 0 Å². The summed E-state index contributed by atoms with van der Waals surface area (Å²) in [6.45, 7) is 8.59. The highest BCUT2D eigenvalue weighted by molar-refractivity contribution is 5.05. The smallest absolute Gasteiger partial charge is 0.0919 e. The van der Waals surface area contributed by atoms with Gasteiger partial charge in [-0.15, -0.1) is 0 Å². The quantitative estimate of drug-likeness (QED) is 0.763. The first-order chi connectivity index (χ1) is 7.86. The normalized spacial score (nSPS) is 44.8. The van der Waals surface area contributed by atoms with Crippen LogP contribution in [0.1, 0.15) is 59.8 Å². The molecule has 3 aliphatic rings. The lowest BCUT2D eigenvalue weighted by Crippen LogP contribution is -2.62. The fourth-order valence-corrected chi connectivity index (χ4v) is 3.46. The summed E-state index contributed by atoms with van der Waals surface area (Å²) < 4.78 is 6.28. The lowest BCUT2D eigenvalue weighted by atomic mass is 9.65. The van der Waals surface area contributed by atoms with Gasteiger partial charge in [-0.25, -0.2) is 0 Å². The standard InChI is InChI=1S/C15H26O2/c1-11(2)6-5-8-14(3)12-7-9-15(4,17-14)13(16)10-12/h6,12-13,16H,5,7-10H2,1-4H3/t12-,13+,14-,15+/m1/s1. The predicted molar refractivity (Wildman–Crippen MR) is 69.9 cm³/mol. The first kappa shape index (κ1) is 13.1. The summed E-state index contributed by atoms with van der Waals surface area (Å²) in [7, 11) is 0. The Bertz CT molecular complexity index is 319. The summed E-state index contributed by atoms with van der Waals surface area (Å²) in [5.41, 5.74) is 1.05. The van der Waals surface area contributed by atoms with Gasteiger partial charge >= 0.3 is 0 Å². The maximum Gasteiger partial charge on any atom is 0.0919 e. The summed E-state index contributed by atoms with van der Waals surface area (Å²) in [4.78, 5) is 0. The molecule has 2 bridgehead atoms. The summed E-state index contributed by atoms with van der Waals surface area (Å²) in [6.07, 6.45) is 7.32. The number of fused-ring (bicyclic) bond motifs is 3. The highest BCUT2D eigenvalue weighted by atomic mass is 16.5. The number of hydrogen-bond donors (Lipinski definition) is 1. The molecule has 3 rings (SSSR count). The maximum absolute atomic E-state index is 10.1. The van der Waals surface area contributed by atoms with Crippen LogP contribution in [0.25, 0.3) is 0 Å². The van der Waals surface area contributed by atoms with Crippen molar-refractivity contribution >= 4 is 0 Å². The van der Waals surface area contributed by atoms with Crippen molar-refractivity contribution in [2.75, 3.05) is 0 Å². The molecule has 0 radical (unpaired) electrons. The van der Waals surface area contributed by atoms with E-state index in [4.69, 9.17) is 4.74 Å². The Kier molecular flexibility index (Phi) is 3.39. The van der Waals surface area contributed by atoms with Crippen molar-refractivity contribution in [2.45, 2.75) is 77.1 Å². The minimum absolute atomic E-state index is 0.0296. The second-order valence-corrected chi connectivity index (χ2v) is 6.53. The number of hydrogen-bond acceptors (Lipinski definition) is 2. The average molecular weight is 238 g/mol. The van der Waals surface area contributed by atoms with Crippen molar-refractivity contribution < 1.29 is 9.84 Å². The second-order valence-electron chi connectivity index (χ2n) is 6.53. The molecule has 98 valence electrons. The van der Waals surface area contributed by atoms with E-state index in [1.165, 1.54) is 12.0 Å². The van der Waals surface area contributed by atoms with Crippen LogP contribution in [0.5, 0.6) is 0 Å². The number of aliphatic hydroxyl groups is 1. The van der Waals surface area contributed by atoms with E-state index in [1.54, 1.807) is 0 Å². The second kappa shape index (κ2) is 4.40. The Morgan fingerprint density at radius 1 is 1.41 bits per heavy atom. The Morgan fingerprint density at radius 2 is 2.12 bits per heavy atom. The first-order valence-corrected chi connectivity index (χ1v) is 6.87.